The SMILES string of the molecule is CCc1nc(-c2c(Cl)cccc2OC)c(N)s1. The van der Waals surface area contributed by atoms with Gasteiger partial charge in [0.05, 0.1) is 22.7 Å². The predicted molar refractivity (Wildman–Crippen MR) is 72.9 cm³/mol. The highest BCUT2D eigenvalue weighted by atomic mass is 35.5. The van der Waals surface area contributed by atoms with Gasteiger partial charge in [0.25, 0.3) is 0 Å². The van der Waals surface area contributed by atoms with Crippen LogP contribution in [0, 0.1) is 0 Å². The van der Waals surface area contributed by atoms with Crippen LogP contribution < -0.4 is 10.5 Å². The van der Waals surface area contributed by atoms with Crippen LogP contribution in [0.15, 0.2) is 18.2 Å². The first kappa shape index (κ1) is 12.2. The standard InChI is InChI=1S/C12H13ClN2OS/c1-3-9-15-11(12(14)17-9)10-7(13)5-4-6-8(10)16-2/h4-6H,3,14H2,1-2H3. The van der Waals surface area contributed by atoms with Crippen molar-refractivity contribution >= 4 is 27.9 Å². The summed E-state index contributed by atoms with van der Waals surface area (Å²) in [6, 6.07) is 5.50. The van der Waals surface area contributed by atoms with E-state index in [1.807, 2.05) is 25.1 Å². The molecular formula is C12H13ClN2OS. The summed E-state index contributed by atoms with van der Waals surface area (Å²) in [6.45, 7) is 2.05. The molecule has 1 aromatic heterocycles. The van der Waals surface area contributed by atoms with Crippen LogP contribution in [-0.2, 0) is 6.42 Å². The number of aryl methyl sites for hydroxylation is 1. The smallest absolute Gasteiger partial charge is 0.129 e. The number of hydrogen-bond acceptors (Lipinski definition) is 4. The van der Waals surface area contributed by atoms with E-state index in [2.05, 4.69) is 4.98 Å². The number of rotatable bonds is 3. The first-order valence-electron chi connectivity index (χ1n) is 5.25. The maximum atomic E-state index is 6.20. The van der Waals surface area contributed by atoms with E-state index >= 15 is 0 Å². The maximum absolute atomic E-state index is 6.20. The summed E-state index contributed by atoms with van der Waals surface area (Å²) in [5.41, 5.74) is 7.47. The Labute approximate surface area is 109 Å². The van der Waals surface area contributed by atoms with Crippen LogP contribution in [0.1, 0.15) is 11.9 Å². The summed E-state index contributed by atoms with van der Waals surface area (Å²) in [5, 5.41) is 2.27. The zero-order valence-corrected chi connectivity index (χ0v) is 11.2. The Morgan fingerprint density at radius 3 is 2.82 bits per heavy atom. The normalized spacial score (nSPS) is 10.5. The van der Waals surface area contributed by atoms with Crippen LogP contribution in [0.3, 0.4) is 0 Å². The van der Waals surface area contributed by atoms with Crippen molar-refractivity contribution in [1.82, 2.24) is 4.98 Å². The molecule has 0 bridgehead atoms. The minimum atomic E-state index is 0.601. The number of nitrogens with two attached hydrogens (primary N) is 1. The zero-order chi connectivity index (χ0) is 12.4. The summed E-state index contributed by atoms with van der Waals surface area (Å²) in [7, 11) is 1.61. The van der Waals surface area contributed by atoms with Crippen LogP contribution in [0.25, 0.3) is 11.3 Å². The highest BCUT2D eigenvalue weighted by Gasteiger charge is 2.17. The lowest BCUT2D eigenvalue weighted by Gasteiger charge is -2.08. The molecule has 5 heteroatoms. The highest BCUT2D eigenvalue weighted by Crippen LogP contribution is 2.40. The molecule has 0 aliphatic heterocycles. The second-order valence-electron chi connectivity index (χ2n) is 3.49. The summed E-state index contributed by atoms with van der Waals surface area (Å²) in [4.78, 5) is 4.50. The summed E-state index contributed by atoms with van der Waals surface area (Å²) < 4.78 is 5.30. The average Bonchev–Trinajstić information content (AvgIpc) is 2.70. The van der Waals surface area contributed by atoms with Gasteiger partial charge in [0.2, 0.25) is 0 Å². The molecule has 2 rings (SSSR count). The Morgan fingerprint density at radius 2 is 2.24 bits per heavy atom. The lowest BCUT2D eigenvalue weighted by Crippen LogP contribution is -1.92. The summed E-state index contributed by atoms with van der Waals surface area (Å²) >= 11 is 7.69. The van der Waals surface area contributed by atoms with Crippen molar-refractivity contribution < 1.29 is 4.74 Å². The number of benzene rings is 1. The number of nitrogen functional groups attached to an aromatic ring is 1. The fourth-order valence-electron chi connectivity index (χ4n) is 1.61. The van der Waals surface area contributed by atoms with Gasteiger partial charge in [0.15, 0.2) is 0 Å². The second-order valence-corrected chi connectivity index (χ2v) is 5.01. The monoisotopic (exact) mass is 268 g/mol. The van der Waals surface area contributed by atoms with Gasteiger partial charge >= 0.3 is 0 Å². The highest BCUT2D eigenvalue weighted by molar-refractivity contribution is 7.16. The first-order valence-corrected chi connectivity index (χ1v) is 6.44. The molecule has 0 saturated heterocycles. The molecule has 90 valence electrons. The maximum Gasteiger partial charge on any atom is 0.129 e. The van der Waals surface area contributed by atoms with Gasteiger partial charge in [-0.2, -0.15) is 0 Å². The number of halogens is 1. The molecule has 1 heterocycles. The summed E-state index contributed by atoms with van der Waals surface area (Å²) in [5.74, 6) is 0.692. The number of ether oxygens (including phenoxy) is 1. The largest absolute Gasteiger partial charge is 0.496 e. The van der Waals surface area contributed by atoms with Crippen molar-refractivity contribution in [3.8, 4) is 17.0 Å². The Hall–Kier alpha value is -1.26. The van der Waals surface area contributed by atoms with Crippen LogP contribution in [0.2, 0.25) is 5.02 Å². The predicted octanol–water partition coefficient (Wildman–Crippen LogP) is 3.62. The van der Waals surface area contributed by atoms with Gasteiger partial charge in [-0.1, -0.05) is 24.6 Å². The van der Waals surface area contributed by atoms with E-state index in [0.717, 1.165) is 17.0 Å². The molecule has 2 N–H and O–H groups in total. The molecule has 0 aliphatic carbocycles. The molecule has 2 aromatic rings. The van der Waals surface area contributed by atoms with Crippen LogP contribution in [0.4, 0.5) is 5.00 Å². The molecule has 0 unspecified atom stereocenters. The molecule has 17 heavy (non-hydrogen) atoms. The first-order chi connectivity index (χ1) is 8.17. The molecule has 0 saturated carbocycles. The number of methoxy groups -OCH3 is 1. The zero-order valence-electron chi connectivity index (χ0n) is 9.66. The van der Waals surface area contributed by atoms with Crippen molar-refractivity contribution in [2.24, 2.45) is 0 Å². The molecule has 0 spiro atoms. The molecule has 0 atom stereocenters. The average molecular weight is 269 g/mol. The van der Waals surface area contributed by atoms with E-state index in [1.54, 1.807) is 7.11 Å². The van der Waals surface area contributed by atoms with E-state index < -0.39 is 0 Å². The Bertz CT molecular complexity index is 539. The van der Waals surface area contributed by atoms with Gasteiger partial charge in [0.1, 0.15) is 16.4 Å². The molecular weight excluding hydrogens is 256 g/mol. The molecule has 0 amide bonds. The molecule has 0 fully saturated rings. The number of thiazole rings is 1. The van der Waals surface area contributed by atoms with E-state index in [4.69, 9.17) is 22.1 Å². The van der Waals surface area contributed by atoms with Crippen molar-refractivity contribution in [2.45, 2.75) is 13.3 Å². The van der Waals surface area contributed by atoms with Gasteiger partial charge in [-0.25, -0.2) is 4.98 Å². The Kier molecular flexibility index (Phi) is 3.54. The fraction of sp³-hybridized carbons (Fsp3) is 0.250. The number of hydrogen-bond donors (Lipinski definition) is 1. The summed E-state index contributed by atoms with van der Waals surface area (Å²) in [6.07, 6.45) is 0.863. The Balaban J connectivity index is 2.62. The molecule has 3 nitrogen and oxygen atoms in total. The molecule has 0 radical (unpaired) electrons. The minimum Gasteiger partial charge on any atom is -0.496 e. The number of nitrogens with zero attached hydrogens (tertiary/aromatic N) is 1. The molecule has 0 aliphatic rings. The third-order valence-corrected chi connectivity index (χ3v) is 3.78. The van der Waals surface area contributed by atoms with E-state index in [9.17, 15) is 0 Å². The van der Waals surface area contributed by atoms with Crippen LogP contribution in [0.5, 0.6) is 5.75 Å². The quantitative estimate of drug-likeness (QED) is 0.925. The second kappa shape index (κ2) is 4.94. The van der Waals surface area contributed by atoms with Crippen molar-refractivity contribution in [3.05, 3.63) is 28.2 Å². The van der Waals surface area contributed by atoms with Gasteiger partial charge in [-0.05, 0) is 18.6 Å². The Morgan fingerprint density at radius 1 is 1.47 bits per heavy atom. The van der Waals surface area contributed by atoms with Gasteiger partial charge in [0, 0.05) is 0 Å². The van der Waals surface area contributed by atoms with Crippen molar-refractivity contribution in [3.63, 3.8) is 0 Å². The fourth-order valence-corrected chi connectivity index (χ4v) is 2.65. The number of anilines is 1. The lowest BCUT2D eigenvalue weighted by atomic mass is 10.1. The minimum absolute atomic E-state index is 0.601. The van der Waals surface area contributed by atoms with Gasteiger partial charge < -0.3 is 10.5 Å². The topological polar surface area (TPSA) is 48.1 Å². The van der Waals surface area contributed by atoms with E-state index in [0.29, 0.717) is 21.5 Å². The van der Waals surface area contributed by atoms with Gasteiger partial charge in [-0.3, -0.25) is 0 Å². The lowest BCUT2D eigenvalue weighted by molar-refractivity contribution is 0.416. The molecule has 1 aromatic carbocycles. The van der Waals surface area contributed by atoms with Crippen molar-refractivity contribution in [2.75, 3.05) is 12.8 Å². The van der Waals surface area contributed by atoms with Crippen LogP contribution >= 0.6 is 22.9 Å². The van der Waals surface area contributed by atoms with Crippen LogP contribution in [-0.4, -0.2) is 12.1 Å². The van der Waals surface area contributed by atoms with Gasteiger partial charge in [-0.15, -0.1) is 11.3 Å². The van der Waals surface area contributed by atoms with E-state index in [-0.39, 0.29) is 0 Å². The third kappa shape index (κ3) is 2.23. The number of aromatic nitrogens is 1. The third-order valence-electron chi connectivity index (χ3n) is 2.43. The van der Waals surface area contributed by atoms with Crippen molar-refractivity contribution in [1.29, 1.82) is 0 Å². The van der Waals surface area contributed by atoms with E-state index in [1.165, 1.54) is 11.3 Å².